The fourth-order valence-electron chi connectivity index (χ4n) is 7.05. The number of allylic oxidation sites excluding steroid dienone is 2. The van der Waals surface area contributed by atoms with Gasteiger partial charge in [0, 0.05) is 70.9 Å². The van der Waals surface area contributed by atoms with Gasteiger partial charge >= 0.3 is 11.9 Å². The molecule has 1 aromatic heterocycles. The molecule has 0 bridgehead atoms. The minimum Gasteiger partial charge on any atom is -0.481 e. The summed E-state index contributed by atoms with van der Waals surface area (Å²) < 4.78 is 0. The number of hydrogen-bond donors (Lipinski definition) is 9. The number of aliphatic hydroxyl groups is 1. The van der Waals surface area contributed by atoms with Gasteiger partial charge in [-0.25, -0.2) is 0 Å². The zero-order valence-electron chi connectivity index (χ0n) is 26.5. The first-order valence-corrected chi connectivity index (χ1v) is 16.2. The van der Waals surface area contributed by atoms with Crippen molar-refractivity contribution in [2.45, 2.75) is 83.2 Å². The number of carboxylic acid groups (broad SMARTS) is 2. The van der Waals surface area contributed by atoms with Crippen LogP contribution in [0.25, 0.3) is 12.2 Å². The van der Waals surface area contributed by atoms with Gasteiger partial charge in [0.1, 0.15) is 0 Å². The molecule has 1 aromatic rings. The molecule has 0 spiro atoms. The Labute approximate surface area is 273 Å². The van der Waals surface area contributed by atoms with Crippen LogP contribution in [0.3, 0.4) is 0 Å². The standard InChI is InChI=1S/C33H43N5O7S/c1-14-18(5-7-28(40)41)23(35-21(14)9-25-20(13-39)31(27-12-34-27)33(45)37-25)11-24-19(6-8-29(42)43)15(2)22(36-24)10-26-30(17(4)46)16(3)32(44)38-26/h10-11,16-17,21,25,27,30,34-36,39,46H,5-9,12-13H2,1-4H3,(H,37,45)(H,38,44)(H,40,41)(H,42,43)/b23-11-,26-10-/t16-,17+,21?,25-,27+,30+/m1/s1. The van der Waals surface area contributed by atoms with Crippen molar-refractivity contribution in [3.8, 4) is 0 Å². The third-order valence-electron chi connectivity index (χ3n) is 9.68. The topological polar surface area (TPSA) is 203 Å². The molecule has 46 heavy (non-hydrogen) atoms. The number of hydrogen-bond acceptors (Lipinski definition) is 8. The van der Waals surface area contributed by atoms with Crippen LogP contribution in [-0.4, -0.2) is 80.6 Å². The van der Waals surface area contributed by atoms with Gasteiger partial charge in [-0.1, -0.05) is 13.8 Å². The lowest BCUT2D eigenvalue weighted by Crippen LogP contribution is -2.37. The number of nitrogens with one attached hydrogen (secondary N) is 5. The van der Waals surface area contributed by atoms with Gasteiger partial charge < -0.3 is 41.6 Å². The largest absolute Gasteiger partial charge is 0.481 e. The van der Waals surface area contributed by atoms with Crippen molar-refractivity contribution in [3.63, 3.8) is 0 Å². The maximum atomic E-state index is 12.7. The predicted molar refractivity (Wildman–Crippen MR) is 176 cm³/mol. The molecule has 12 nitrogen and oxygen atoms in total. The summed E-state index contributed by atoms with van der Waals surface area (Å²) in [5.74, 6) is -2.46. The highest BCUT2D eigenvalue weighted by molar-refractivity contribution is 7.80. The number of aliphatic carboxylic acids is 2. The maximum Gasteiger partial charge on any atom is 0.303 e. The first-order valence-electron chi connectivity index (χ1n) is 15.7. The average Bonchev–Trinajstić information content (AvgIpc) is 3.53. The summed E-state index contributed by atoms with van der Waals surface area (Å²) in [4.78, 5) is 51.9. The van der Waals surface area contributed by atoms with Crippen molar-refractivity contribution in [2.24, 2.45) is 11.8 Å². The van der Waals surface area contributed by atoms with Gasteiger partial charge in [-0.2, -0.15) is 12.6 Å². The summed E-state index contributed by atoms with van der Waals surface area (Å²) in [6, 6.07) is -0.648. The molecule has 4 aliphatic heterocycles. The van der Waals surface area contributed by atoms with E-state index in [1.54, 1.807) is 0 Å². The number of carboxylic acids is 2. The molecule has 5 rings (SSSR count). The number of aromatic nitrogens is 1. The molecule has 8 N–H and O–H groups in total. The summed E-state index contributed by atoms with van der Waals surface area (Å²) in [7, 11) is 0. The minimum atomic E-state index is -0.927. The Balaban J connectivity index is 1.51. The molecule has 2 fully saturated rings. The SMILES string of the molecule is CC1=C(CCC(=O)O)/C(=C/c2[nH]c(/C=C3\NC(=O)[C@H](C)[C@H]3[C@H](C)S)c(C)c2CCC(=O)O)NC1C[C@H]1NC(=O)C([C@@H]2CN2)=C1CO. The van der Waals surface area contributed by atoms with Crippen LogP contribution < -0.4 is 21.3 Å². The fourth-order valence-corrected chi connectivity index (χ4v) is 7.47. The predicted octanol–water partition coefficient (Wildman–Crippen LogP) is 2.02. The molecule has 248 valence electrons. The van der Waals surface area contributed by atoms with Crippen LogP contribution in [0.4, 0.5) is 0 Å². The zero-order valence-corrected chi connectivity index (χ0v) is 27.4. The molecule has 0 radical (unpaired) electrons. The van der Waals surface area contributed by atoms with Gasteiger partial charge in [0.05, 0.1) is 18.7 Å². The summed E-state index contributed by atoms with van der Waals surface area (Å²) in [5, 5.41) is 41.7. The van der Waals surface area contributed by atoms with Gasteiger partial charge in [-0.15, -0.1) is 0 Å². The Morgan fingerprint density at radius 2 is 1.70 bits per heavy atom. The monoisotopic (exact) mass is 653 g/mol. The van der Waals surface area contributed by atoms with E-state index in [1.807, 2.05) is 39.8 Å². The summed E-state index contributed by atoms with van der Waals surface area (Å²) in [5.41, 5.74) is 7.62. The average molecular weight is 654 g/mol. The van der Waals surface area contributed by atoms with Gasteiger partial charge in [0.2, 0.25) is 11.8 Å². The van der Waals surface area contributed by atoms with E-state index in [0.29, 0.717) is 35.5 Å². The fraction of sp³-hybridized carbons (Fsp3) is 0.515. The minimum absolute atomic E-state index is 0.0431. The van der Waals surface area contributed by atoms with Crippen LogP contribution in [0.1, 0.15) is 69.0 Å². The summed E-state index contributed by atoms with van der Waals surface area (Å²) in [6.07, 6.45) is 4.65. The van der Waals surface area contributed by atoms with Crippen molar-refractivity contribution >= 4 is 48.5 Å². The molecule has 5 heterocycles. The number of rotatable bonds is 13. The second-order valence-electron chi connectivity index (χ2n) is 12.7. The molecular weight excluding hydrogens is 610 g/mol. The normalized spacial score (nSPS) is 28.3. The number of H-pyrrole nitrogens is 1. The van der Waals surface area contributed by atoms with Crippen molar-refractivity contribution in [1.29, 1.82) is 0 Å². The van der Waals surface area contributed by atoms with E-state index in [2.05, 4.69) is 38.9 Å². The first kappa shape index (κ1) is 33.6. The maximum absolute atomic E-state index is 12.7. The number of amides is 2. The summed E-state index contributed by atoms with van der Waals surface area (Å²) >= 11 is 4.62. The smallest absolute Gasteiger partial charge is 0.303 e. The van der Waals surface area contributed by atoms with Crippen LogP contribution in [0, 0.1) is 18.8 Å². The number of aliphatic hydroxyl groups excluding tert-OH is 1. The van der Waals surface area contributed by atoms with Gasteiger partial charge in [-0.3, -0.25) is 19.2 Å². The van der Waals surface area contributed by atoms with E-state index in [9.17, 15) is 34.5 Å². The van der Waals surface area contributed by atoms with E-state index in [0.717, 1.165) is 33.7 Å². The van der Waals surface area contributed by atoms with Gasteiger partial charge in [0.15, 0.2) is 0 Å². The quantitative estimate of drug-likeness (QED) is 0.113. The van der Waals surface area contributed by atoms with Crippen molar-refractivity contribution in [1.82, 2.24) is 26.3 Å². The lowest BCUT2D eigenvalue weighted by Gasteiger charge is -2.21. The van der Waals surface area contributed by atoms with Crippen LogP contribution >= 0.6 is 12.6 Å². The van der Waals surface area contributed by atoms with E-state index in [-0.39, 0.29) is 79.3 Å². The molecule has 0 aromatic carbocycles. The highest BCUT2D eigenvalue weighted by Gasteiger charge is 2.42. The second-order valence-corrected chi connectivity index (χ2v) is 13.5. The molecule has 13 heteroatoms. The van der Waals surface area contributed by atoms with Gasteiger partial charge in [0.25, 0.3) is 0 Å². The Morgan fingerprint density at radius 1 is 1.02 bits per heavy atom. The van der Waals surface area contributed by atoms with E-state index < -0.39 is 11.9 Å². The van der Waals surface area contributed by atoms with E-state index in [4.69, 9.17) is 0 Å². The number of aromatic amines is 1. The Kier molecular flexibility index (Phi) is 9.85. The van der Waals surface area contributed by atoms with E-state index in [1.165, 1.54) is 0 Å². The third-order valence-corrected chi connectivity index (χ3v) is 10.0. The molecular formula is C33H43N5O7S. The van der Waals surface area contributed by atoms with Gasteiger partial charge in [-0.05, 0) is 73.1 Å². The Hall–Kier alpha value is -3.81. The Morgan fingerprint density at radius 3 is 2.30 bits per heavy atom. The van der Waals surface area contributed by atoms with Crippen molar-refractivity contribution < 1.29 is 34.5 Å². The molecule has 2 amide bonds. The summed E-state index contributed by atoms with van der Waals surface area (Å²) in [6.45, 7) is 8.14. The molecule has 2 saturated heterocycles. The highest BCUT2D eigenvalue weighted by atomic mass is 32.1. The second kappa shape index (κ2) is 13.5. The van der Waals surface area contributed by atoms with Crippen LogP contribution in [0.2, 0.25) is 0 Å². The molecule has 4 aliphatic rings. The number of carbonyl (C=O) groups excluding carboxylic acids is 2. The highest BCUT2D eigenvalue weighted by Crippen LogP contribution is 2.37. The van der Waals surface area contributed by atoms with Crippen molar-refractivity contribution in [3.05, 3.63) is 56.2 Å². The van der Waals surface area contributed by atoms with Crippen molar-refractivity contribution in [2.75, 3.05) is 13.2 Å². The molecule has 0 aliphatic carbocycles. The Bertz CT molecular complexity index is 1580. The number of carbonyl (C=O) groups is 4. The molecule has 0 saturated carbocycles. The lowest BCUT2D eigenvalue weighted by molar-refractivity contribution is -0.138. The lowest BCUT2D eigenvalue weighted by atomic mass is 9.91. The van der Waals surface area contributed by atoms with Crippen LogP contribution in [0.15, 0.2) is 33.7 Å². The first-order chi connectivity index (χ1) is 21.8. The van der Waals surface area contributed by atoms with Crippen LogP contribution in [0.5, 0.6) is 0 Å². The van der Waals surface area contributed by atoms with Crippen LogP contribution in [-0.2, 0) is 25.6 Å². The molecule has 1 unspecified atom stereocenters. The van der Waals surface area contributed by atoms with E-state index >= 15 is 0 Å². The molecule has 6 atom stereocenters. The zero-order chi connectivity index (χ0) is 33.4. The third kappa shape index (κ3) is 6.81. The number of thiol groups is 1.